The first-order valence-electron chi connectivity index (χ1n) is 6.47. The van der Waals surface area contributed by atoms with E-state index in [9.17, 15) is 0 Å². The summed E-state index contributed by atoms with van der Waals surface area (Å²) < 4.78 is 0. The summed E-state index contributed by atoms with van der Waals surface area (Å²) in [6.07, 6.45) is 9.06. The molecule has 2 atom stereocenters. The zero-order valence-electron chi connectivity index (χ0n) is 10.6. The fourth-order valence-electron chi connectivity index (χ4n) is 2.66. The van der Waals surface area contributed by atoms with Crippen LogP contribution in [-0.4, -0.2) is 6.54 Å². The molecule has 0 saturated heterocycles. The Morgan fingerprint density at radius 2 is 2.20 bits per heavy atom. The van der Waals surface area contributed by atoms with Gasteiger partial charge in [0.2, 0.25) is 0 Å². The summed E-state index contributed by atoms with van der Waals surface area (Å²) in [7, 11) is 0. The smallest absolute Gasteiger partial charge is 0.00487 e. The topological polar surface area (TPSA) is 26.0 Å². The van der Waals surface area contributed by atoms with Gasteiger partial charge in [0, 0.05) is 0 Å². The minimum atomic E-state index is 0.752. The van der Waals surface area contributed by atoms with Gasteiger partial charge in [-0.05, 0) is 63.3 Å². The normalized spacial score (nSPS) is 24.1. The highest BCUT2D eigenvalue weighted by Crippen LogP contribution is 2.30. The summed E-state index contributed by atoms with van der Waals surface area (Å²) in [6, 6.07) is 0. The average molecular weight is 209 g/mol. The van der Waals surface area contributed by atoms with Crippen LogP contribution in [0.4, 0.5) is 0 Å². The number of rotatable bonds is 5. The van der Waals surface area contributed by atoms with E-state index in [4.69, 9.17) is 5.73 Å². The molecule has 0 aromatic carbocycles. The molecule has 0 radical (unpaired) electrons. The molecule has 0 spiro atoms. The van der Waals surface area contributed by atoms with Gasteiger partial charge in [-0.25, -0.2) is 0 Å². The lowest BCUT2D eigenvalue weighted by Crippen LogP contribution is -2.20. The Morgan fingerprint density at radius 1 is 1.47 bits per heavy atom. The minimum Gasteiger partial charge on any atom is -0.330 e. The van der Waals surface area contributed by atoms with Crippen molar-refractivity contribution < 1.29 is 0 Å². The first kappa shape index (κ1) is 12.8. The van der Waals surface area contributed by atoms with Crippen LogP contribution in [0.25, 0.3) is 0 Å². The molecule has 0 bridgehead atoms. The van der Waals surface area contributed by atoms with Gasteiger partial charge in [-0.15, -0.1) is 0 Å². The van der Waals surface area contributed by atoms with E-state index in [1.807, 2.05) is 0 Å². The molecule has 1 nitrogen and oxygen atoms in total. The second-order valence-corrected chi connectivity index (χ2v) is 5.66. The Bertz CT molecular complexity index is 205. The summed E-state index contributed by atoms with van der Waals surface area (Å²) in [5, 5.41) is 0. The Labute approximate surface area is 95.1 Å². The molecule has 1 aliphatic carbocycles. The van der Waals surface area contributed by atoms with Crippen LogP contribution in [0.15, 0.2) is 11.6 Å². The van der Waals surface area contributed by atoms with Gasteiger partial charge in [-0.3, -0.25) is 0 Å². The van der Waals surface area contributed by atoms with E-state index in [-0.39, 0.29) is 0 Å². The third-order valence-corrected chi connectivity index (χ3v) is 3.55. The molecule has 0 fully saturated rings. The van der Waals surface area contributed by atoms with Crippen LogP contribution in [0.5, 0.6) is 0 Å². The van der Waals surface area contributed by atoms with Crippen LogP contribution in [0, 0.1) is 17.8 Å². The van der Waals surface area contributed by atoms with E-state index < -0.39 is 0 Å². The van der Waals surface area contributed by atoms with Crippen LogP contribution < -0.4 is 5.73 Å². The summed E-state index contributed by atoms with van der Waals surface area (Å²) in [4.78, 5) is 0. The maximum absolute atomic E-state index is 5.85. The van der Waals surface area contributed by atoms with Gasteiger partial charge in [-0.1, -0.05) is 25.5 Å². The molecule has 0 heterocycles. The maximum Gasteiger partial charge on any atom is -0.00487 e. The summed E-state index contributed by atoms with van der Waals surface area (Å²) >= 11 is 0. The summed E-state index contributed by atoms with van der Waals surface area (Å²) in [6.45, 7) is 7.73. The highest BCUT2D eigenvalue weighted by atomic mass is 14.5. The molecular weight excluding hydrogens is 182 g/mol. The molecule has 0 aromatic rings. The molecule has 1 aliphatic rings. The third-order valence-electron chi connectivity index (χ3n) is 3.55. The van der Waals surface area contributed by atoms with Crippen molar-refractivity contribution in [2.45, 2.75) is 52.9 Å². The zero-order chi connectivity index (χ0) is 11.3. The number of hydrogen-bond acceptors (Lipinski definition) is 1. The molecule has 0 aliphatic heterocycles. The first-order chi connectivity index (χ1) is 7.11. The van der Waals surface area contributed by atoms with Crippen LogP contribution in [0.3, 0.4) is 0 Å². The molecule has 0 amide bonds. The van der Waals surface area contributed by atoms with E-state index in [2.05, 4.69) is 26.8 Å². The molecular formula is C14H27N. The van der Waals surface area contributed by atoms with Crippen molar-refractivity contribution in [3.8, 4) is 0 Å². The number of nitrogens with two attached hydrogens (primary N) is 1. The quantitative estimate of drug-likeness (QED) is 0.686. The molecule has 0 aromatic heterocycles. The fourth-order valence-corrected chi connectivity index (χ4v) is 2.66. The van der Waals surface area contributed by atoms with Crippen molar-refractivity contribution in [1.29, 1.82) is 0 Å². The highest BCUT2D eigenvalue weighted by Gasteiger charge is 2.18. The molecule has 1 heteroatoms. The second kappa shape index (κ2) is 6.32. The lowest BCUT2D eigenvalue weighted by atomic mass is 9.81. The van der Waals surface area contributed by atoms with Gasteiger partial charge in [0.15, 0.2) is 0 Å². The standard InChI is InChI=1S/C14H27N/c1-11(2)8-14(10-15)9-13-6-4-12(3)5-7-13/h4,11,13-14H,5-10,15H2,1-3H3/t13?,14-/m0/s1. The Balaban J connectivity index is 2.32. The van der Waals surface area contributed by atoms with Crippen LogP contribution >= 0.6 is 0 Å². The van der Waals surface area contributed by atoms with E-state index in [1.165, 1.54) is 32.1 Å². The third kappa shape index (κ3) is 4.83. The molecule has 15 heavy (non-hydrogen) atoms. The SMILES string of the molecule is CC1=CCC(C[C@@H](CN)CC(C)C)CC1. The van der Waals surface area contributed by atoms with Crippen molar-refractivity contribution in [3.05, 3.63) is 11.6 Å². The molecule has 2 N–H and O–H groups in total. The highest BCUT2D eigenvalue weighted by molar-refractivity contribution is 5.02. The number of hydrogen-bond donors (Lipinski definition) is 1. The molecule has 0 saturated carbocycles. The first-order valence-corrected chi connectivity index (χ1v) is 6.47. The van der Waals surface area contributed by atoms with Gasteiger partial charge < -0.3 is 5.73 Å². The molecule has 1 rings (SSSR count). The van der Waals surface area contributed by atoms with Crippen LogP contribution in [-0.2, 0) is 0 Å². The van der Waals surface area contributed by atoms with E-state index in [0.29, 0.717) is 0 Å². The minimum absolute atomic E-state index is 0.752. The zero-order valence-corrected chi connectivity index (χ0v) is 10.6. The second-order valence-electron chi connectivity index (χ2n) is 5.66. The molecule has 88 valence electrons. The van der Waals surface area contributed by atoms with Gasteiger partial charge >= 0.3 is 0 Å². The van der Waals surface area contributed by atoms with Gasteiger partial charge in [0.05, 0.1) is 0 Å². The largest absolute Gasteiger partial charge is 0.330 e. The van der Waals surface area contributed by atoms with Crippen molar-refractivity contribution in [3.63, 3.8) is 0 Å². The Kier molecular flexibility index (Phi) is 5.38. The predicted octanol–water partition coefficient (Wildman–Crippen LogP) is 3.74. The van der Waals surface area contributed by atoms with Gasteiger partial charge in [0.25, 0.3) is 0 Å². The van der Waals surface area contributed by atoms with Crippen molar-refractivity contribution in [2.24, 2.45) is 23.5 Å². The molecule has 1 unspecified atom stereocenters. The van der Waals surface area contributed by atoms with Crippen molar-refractivity contribution in [1.82, 2.24) is 0 Å². The monoisotopic (exact) mass is 209 g/mol. The number of allylic oxidation sites excluding steroid dienone is 2. The Morgan fingerprint density at radius 3 is 2.67 bits per heavy atom. The predicted molar refractivity (Wildman–Crippen MR) is 67.7 cm³/mol. The van der Waals surface area contributed by atoms with Gasteiger partial charge in [-0.2, -0.15) is 0 Å². The Hall–Kier alpha value is -0.300. The van der Waals surface area contributed by atoms with Gasteiger partial charge in [0.1, 0.15) is 0 Å². The van der Waals surface area contributed by atoms with E-state index >= 15 is 0 Å². The van der Waals surface area contributed by atoms with Crippen molar-refractivity contribution >= 4 is 0 Å². The lowest BCUT2D eigenvalue weighted by molar-refractivity contribution is 0.309. The van der Waals surface area contributed by atoms with E-state index in [1.54, 1.807) is 5.57 Å². The summed E-state index contributed by atoms with van der Waals surface area (Å²) in [5.41, 5.74) is 7.43. The van der Waals surface area contributed by atoms with Crippen LogP contribution in [0.1, 0.15) is 52.9 Å². The maximum atomic E-state index is 5.85. The lowest BCUT2D eigenvalue weighted by Gasteiger charge is -2.25. The van der Waals surface area contributed by atoms with E-state index in [0.717, 1.165) is 24.3 Å². The van der Waals surface area contributed by atoms with Crippen molar-refractivity contribution in [2.75, 3.05) is 6.54 Å². The van der Waals surface area contributed by atoms with Crippen LogP contribution in [0.2, 0.25) is 0 Å². The summed E-state index contributed by atoms with van der Waals surface area (Å²) in [5.74, 6) is 2.45. The fraction of sp³-hybridized carbons (Fsp3) is 0.857. The average Bonchev–Trinajstić information content (AvgIpc) is 2.19.